The van der Waals surface area contributed by atoms with Crippen LogP contribution in [0, 0.1) is 62.5 Å². The molecular weight excluding hydrogens is 1310 g/mol. The van der Waals surface area contributed by atoms with Gasteiger partial charge in [0.05, 0.1) is 0 Å². The molecule has 442 valence electrons. The molecule has 8 rings (SSSR count). The van der Waals surface area contributed by atoms with Gasteiger partial charge in [-0.3, -0.25) is 0 Å². The van der Waals surface area contributed by atoms with Gasteiger partial charge in [-0.2, -0.15) is 26.3 Å². The summed E-state index contributed by atoms with van der Waals surface area (Å²) < 4.78 is 223. The number of halogens is 10. The van der Waals surface area contributed by atoms with Gasteiger partial charge in [0.2, 0.25) is 0 Å². The Bertz CT molecular complexity index is 3760. The van der Waals surface area contributed by atoms with Gasteiger partial charge in [0.1, 0.15) is 0 Å². The fourth-order valence-corrected chi connectivity index (χ4v) is 25.9. The van der Waals surface area contributed by atoms with E-state index in [0.29, 0.717) is 66.8 Å². The predicted molar refractivity (Wildman–Crippen MR) is 312 cm³/mol. The molecular formula is C59H52F9IO9S5. The minimum atomic E-state index is -6.27. The summed E-state index contributed by atoms with van der Waals surface area (Å²) in [4.78, 5) is 0.966. The van der Waals surface area contributed by atoms with E-state index in [-0.39, 0.29) is 36.5 Å². The van der Waals surface area contributed by atoms with Gasteiger partial charge in [-0.15, -0.1) is 0 Å². The van der Waals surface area contributed by atoms with Crippen LogP contribution in [0.5, 0.6) is 0 Å². The predicted octanol–water partition coefficient (Wildman–Crippen LogP) is 17.9. The standard InChI is InChI=1S/C59H52F9IO9S5/c1-37-13-9-17-53(41(37)5)79(77-82(72,73)58(63,64)65,54-18-10-14-38(2)42(54)6)51-33-25-47(26-34-51)45-21-29-49(30-22-45)69(76-81(70,71)57(60,61)62)50-31-23-46(24-32-50)48-27-35-52(36-28-48)80(78-83(74,75)59(66,67)68,55-19-11-15-39(3)43(55)7)56-20-12-16-40(4)44(56)8/h9-36H,1-8H3. The van der Waals surface area contributed by atoms with E-state index in [0.717, 1.165) is 0 Å². The third-order valence-corrected chi connectivity index (χ3v) is 31.3. The maximum atomic E-state index is 14.4. The molecule has 0 fully saturated rings. The maximum absolute atomic E-state index is 14.4. The molecule has 0 radical (unpaired) electrons. The van der Waals surface area contributed by atoms with Gasteiger partial charge in [-0.25, -0.2) is 0 Å². The molecule has 0 saturated carbocycles. The first-order valence-corrected chi connectivity index (χ1v) is 35.0. The zero-order chi connectivity index (χ0) is 61.0. The van der Waals surface area contributed by atoms with Gasteiger partial charge in [-0.05, 0) is 27.7 Å². The third-order valence-electron chi connectivity index (χ3n) is 14.0. The van der Waals surface area contributed by atoms with Crippen molar-refractivity contribution in [2.45, 2.75) is 101 Å². The minimum absolute atomic E-state index is 0.0842. The molecule has 0 aliphatic heterocycles. The summed E-state index contributed by atoms with van der Waals surface area (Å²) in [7, 11) is -26.2. The van der Waals surface area contributed by atoms with E-state index in [1.807, 2.05) is 0 Å². The molecule has 0 spiro atoms. The molecule has 0 unspecified atom stereocenters. The average molecular weight is 1360 g/mol. The Labute approximate surface area is 487 Å². The summed E-state index contributed by atoms with van der Waals surface area (Å²) in [5.41, 5.74) is -11.2. The fraction of sp³-hybridized carbons (Fsp3) is 0.186. The van der Waals surface area contributed by atoms with Crippen LogP contribution in [-0.4, -0.2) is 41.8 Å². The van der Waals surface area contributed by atoms with Crippen molar-refractivity contribution in [3.05, 3.63) is 222 Å². The van der Waals surface area contributed by atoms with Crippen LogP contribution in [0.1, 0.15) is 44.5 Å². The van der Waals surface area contributed by atoms with Crippen molar-refractivity contribution < 1.29 is 74.5 Å². The second kappa shape index (κ2) is 23.3. The summed E-state index contributed by atoms with van der Waals surface area (Å²) in [6, 6.07) is 42.7. The van der Waals surface area contributed by atoms with Crippen LogP contribution in [0.15, 0.2) is 199 Å². The van der Waals surface area contributed by atoms with Crippen molar-refractivity contribution in [1.82, 2.24) is 0 Å². The topological polar surface area (TPSA) is 130 Å². The van der Waals surface area contributed by atoms with Crippen LogP contribution in [-0.2, 0) is 40.1 Å². The molecule has 0 amide bonds. The molecule has 0 atom stereocenters. The third kappa shape index (κ3) is 12.1. The number of rotatable bonds is 16. The Hall–Kier alpha value is -5.71. The molecule has 0 aliphatic rings. The monoisotopic (exact) mass is 1360 g/mol. The number of hydrogen-bond donors (Lipinski definition) is 0. The Morgan fingerprint density at radius 2 is 0.542 bits per heavy atom. The van der Waals surface area contributed by atoms with E-state index >= 15 is 0 Å². The molecule has 8 aromatic rings. The fourth-order valence-electron chi connectivity index (χ4n) is 8.97. The first kappa shape index (κ1) is 63.3. The average Bonchev–Trinajstić information content (AvgIpc) is 2.63. The summed E-state index contributed by atoms with van der Waals surface area (Å²) in [5.74, 6) is 0. The molecule has 8 aromatic carbocycles. The molecule has 24 heteroatoms. The van der Waals surface area contributed by atoms with Crippen LogP contribution in [0.3, 0.4) is 0 Å². The molecule has 9 nitrogen and oxygen atoms in total. The summed E-state index contributed by atoms with van der Waals surface area (Å²) in [6.45, 7) is 13.5. The summed E-state index contributed by atoms with van der Waals surface area (Å²) in [6.07, 6.45) is 0. The van der Waals surface area contributed by atoms with Gasteiger partial charge >= 0.3 is 412 Å². The summed E-state index contributed by atoms with van der Waals surface area (Å²) in [5, 5.41) is 0. The van der Waals surface area contributed by atoms with Gasteiger partial charge in [-0.1, -0.05) is 24.3 Å². The van der Waals surface area contributed by atoms with E-state index < -0.39 is 87.7 Å². The molecule has 0 aliphatic carbocycles. The Balaban J connectivity index is 1.19. The molecule has 83 heavy (non-hydrogen) atoms. The molecule has 0 N–H and O–H groups in total. The van der Waals surface area contributed by atoms with E-state index in [9.17, 15) is 64.8 Å². The van der Waals surface area contributed by atoms with Gasteiger partial charge in [0.15, 0.2) is 0 Å². The first-order valence-electron chi connectivity index (χ1n) is 24.7. The van der Waals surface area contributed by atoms with E-state index in [4.69, 9.17) is 9.77 Å². The normalized spacial score (nSPS) is 13.7. The van der Waals surface area contributed by atoms with Crippen LogP contribution >= 0.6 is 40.9 Å². The van der Waals surface area contributed by atoms with Crippen LogP contribution in [0.25, 0.3) is 22.3 Å². The number of alkyl halides is 9. The van der Waals surface area contributed by atoms with E-state index in [2.05, 4.69) is 0 Å². The Kier molecular flexibility index (Phi) is 17.8. The van der Waals surface area contributed by atoms with Crippen molar-refractivity contribution in [2.24, 2.45) is 0 Å². The quantitative estimate of drug-likeness (QED) is 0.0527. The van der Waals surface area contributed by atoms with Crippen LogP contribution < -0.4 is 0 Å². The second-order valence-electron chi connectivity index (χ2n) is 19.1. The van der Waals surface area contributed by atoms with Crippen molar-refractivity contribution in [2.75, 3.05) is 0 Å². The summed E-state index contributed by atoms with van der Waals surface area (Å²) >= 11 is -4.09. The van der Waals surface area contributed by atoms with E-state index in [1.165, 1.54) is 121 Å². The van der Waals surface area contributed by atoms with Crippen molar-refractivity contribution in [3.8, 4) is 22.3 Å². The van der Waals surface area contributed by atoms with E-state index in [1.54, 1.807) is 104 Å². The molecule has 0 aromatic heterocycles. The van der Waals surface area contributed by atoms with Gasteiger partial charge in [0.25, 0.3) is 0 Å². The van der Waals surface area contributed by atoms with Crippen LogP contribution in [0.2, 0.25) is 0 Å². The number of aryl methyl sites for hydroxylation is 4. The zero-order valence-electron chi connectivity index (χ0n) is 45.2. The van der Waals surface area contributed by atoms with Crippen molar-refractivity contribution in [3.63, 3.8) is 0 Å². The first-order chi connectivity index (χ1) is 38.6. The SMILES string of the molecule is Cc1cccc(S(OS(=O)(=O)C(F)(F)F)(c2ccc(-c3ccc(I(OS(=O)(=O)C(F)(F)F)c4ccc(-c5ccc(S(OS(=O)(=O)C(F)(F)F)(c6cccc(C)c6C)c6cccc(C)c6C)cc5)cc4)cc3)cc2)c2cccc(C)c2C)c1C. The molecule has 0 saturated heterocycles. The van der Waals surface area contributed by atoms with Crippen molar-refractivity contribution in [1.29, 1.82) is 0 Å². The van der Waals surface area contributed by atoms with Crippen LogP contribution in [0.4, 0.5) is 39.5 Å². The Morgan fingerprint density at radius 1 is 0.313 bits per heavy atom. The van der Waals surface area contributed by atoms with Gasteiger partial charge < -0.3 is 0 Å². The Morgan fingerprint density at radius 3 is 0.771 bits per heavy atom. The van der Waals surface area contributed by atoms with Gasteiger partial charge in [0, 0.05) is 0 Å². The number of hydrogen-bond acceptors (Lipinski definition) is 9. The molecule has 0 bridgehead atoms. The second-order valence-corrected chi connectivity index (χ2v) is 34.4. The van der Waals surface area contributed by atoms with Crippen molar-refractivity contribution >= 4 is 71.2 Å². The zero-order valence-corrected chi connectivity index (χ0v) is 51.4. The number of benzene rings is 8. The molecule has 0 heterocycles.